The highest BCUT2D eigenvalue weighted by molar-refractivity contribution is 5.75. The number of aromatic nitrogens is 2. The van der Waals surface area contributed by atoms with E-state index in [0.29, 0.717) is 0 Å². The van der Waals surface area contributed by atoms with Gasteiger partial charge in [0.2, 0.25) is 0 Å². The zero-order chi connectivity index (χ0) is 17.1. The Morgan fingerprint density at radius 2 is 1.28 bits per heavy atom. The van der Waals surface area contributed by atoms with Crippen molar-refractivity contribution in [2.75, 3.05) is 0 Å². The fraction of sp³-hybridized carbons (Fsp3) is 0. The van der Waals surface area contributed by atoms with Gasteiger partial charge in [0.15, 0.2) is 0 Å². The van der Waals surface area contributed by atoms with Crippen molar-refractivity contribution in [2.24, 2.45) is 0 Å². The molecule has 0 unspecified atom stereocenters. The third-order valence-electron chi connectivity index (χ3n) is 4.02. The van der Waals surface area contributed by atoms with Crippen LogP contribution < -0.4 is 0 Å². The third kappa shape index (κ3) is 3.26. The normalized spacial score (nSPS) is 10.6. The first-order chi connectivity index (χ1) is 12.3. The number of rotatable bonds is 3. The topological polar surface area (TPSA) is 46.0 Å². The van der Waals surface area contributed by atoms with Gasteiger partial charge in [-0.2, -0.15) is 0 Å². The molecule has 0 aliphatic heterocycles. The van der Waals surface area contributed by atoms with Crippen LogP contribution in [0.3, 0.4) is 0 Å². The van der Waals surface area contributed by atoms with Gasteiger partial charge in [-0.05, 0) is 47.5 Å². The second kappa shape index (κ2) is 6.57. The van der Waals surface area contributed by atoms with Crippen molar-refractivity contribution >= 4 is 0 Å². The van der Waals surface area contributed by atoms with Crippen LogP contribution in [-0.4, -0.2) is 15.1 Å². The molecule has 2 aromatic heterocycles. The van der Waals surface area contributed by atoms with Crippen LogP contribution in [0.2, 0.25) is 0 Å². The van der Waals surface area contributed by atoms with E-state index >= 15 is 0 Å². The SMILES string of the molecule is Oc1ccc(-c2cc(-c3ccccc3)nc(-c3ccccn3)c2)cc1. The van der Waals surface area contributed by atoms with Crippen molar-refractivity contribution in [3.8, 4) is 39.5 Å². The minimum Gasteiger partial charge on any atom is -0.508 e. The average molecular weight is 324 g/mol. The Morgan fingerprint density at radius 1 is 0.560 bits per heavy atom. The van der Waals surface area contributed by atoms with Gasteiger partial charge in [0, 0.05) is 11.8 Å². The Balaban J connectivity index is 1.90. The van der Waals surface area contributed by atoms with Gasteiger partial charge in [0.25, 0.3) is 0 Å². The number of hydrogen-bond donors (Lipinski definition) is 1. The van der Waals surface area contributed by atoms with Crippen LogP contribution in [0, 0.1) is 0 Å². The number of aromatic hydroxyl groups is 1. The number of phenols is 1. The minimum atomic E-state index is 0.256. The van der Waals surface area contributed by atoms with E-state index in [9.17, 15) is 5.11 Å². The molecule has 1 N–H and O–H groups in total. The zero-order valence-corrected chi connectivity index (χ0v) is 13.5. The molecule has 4 rings (SSSR count). The fourth-order valence-electron chi connectivity index (χ4n) is 2.75. The van der Waals surface area contributed by atoms with Crippen LogP contribution in [0.1, 0.15) is 0 Å². The maximum atomic E-state index is 9.55. The summed E-state index contributed by atoms with van der Waals surface area (Å²) in [6.07, 6.45) is 1.77. The van der Waals surface area contributed by atoms with E-state index in [0.717, 1.165) is 33.8 Å². The molecule has 3 heteroatoms. The van der Waals surface area contributed by atoms with E-state index in [1.54, 1.807) is 18.3 Å². The molecule has 4 aromatic rings. The average Bonchev–Trinajstić information content (AvgIpc) is 2.69. The Hall–Kier alpha value is -3.46. The monoisotopic (exact) mass is 324 g/mol. The second-order valence-electron chi connectivity index (χ2n) is 5.75. The van der Waals surface area contributed by atoms with Gasteiger partial charge in [-0.15, -0.1) is 0 Å². The molecule has 0 radical (unpaired) electrons. The number of nitrogens with zero attached hydrogens (tertiary/aromatic N) is 2. The van der Waals surface area contributed by atoms with Gasteiger partial charge in [-0.1, -0.05) is 48.5 Å². The number of benzene rings is 2. The van der Waals surface area contributed by atoms with Crippen molar-refractivity contribution in [3.05, 3.63) is 91.1 Å². The van der Waals surface area contributed by atoms with E-state index in [2.05, 4.69) is 11.1 Å². The van der Waals surface area contributed by atoms with Crippen molar-refractivity contribution in [3.63, 3.8) is 0 Å². The molecule has 0 spiro atoms. The summed E-state index contributed by atoms with van der Waals surface area (Å²) in [6.45, 7) is 0. The van der Waals surface area contributed by atoms with Gasteiger partial charge in [-0.3, -0.25) is 4.98 Å². The lowest BCUT2D eigenvalue weighted by Crippen LogP contribution is -1.92. The summed E-state index contributed by atoms with van der Waals surface area (Å²) in [4.78, 5) is 9.24. The van der Waals surface area contributed by atoms with Crippen LogP contribution in [0.4, 0.5) is 0 Å². The first-order valence-corrected chi connectivity index (χ1v) is 8.08. The molecule has 0 atom stereocenters. The first-order valence-electron chi connectivity index (χ1n) is 8.08. The van der Waals surface area contributed by atoms with Gasteiger partial charge in [-0.25, -0.2) is 4.98 Å². The maximum Gasteiger partial charge on any atom is 0.115 e. The Bertz CT molecular complexity index is 924. The largest absolute Gasteiger partial charge is 0.508 e. The molecule has 0 saturated heterocycles. The van der Waals surface area contributed by atoms with Crippen LogP contribution >= 0.6 is 0 Å². The Morgan fingerprint density at radius 3 is 2.00 bits per heavy atom. The number of hydrogen-bond acceptors (Lipinski definition) is 3. The molecule has 25 heavy (non-hydrogen) atoms. The maximum absolute atomic E-state index is 9.55. The molecular formula is C22H16N2O. The quantitative estimate of drug-likeness (QED) is 0.564. The third-order valence-corrected chi connectivity index (χ3v) is 4.02. The van der Waals surface area contributed by atoms with E-state index < -0.39 is 0 Å². The summed E-state index contributed by atoms with van der Waals surface area (Å²) in [7, 11) is 0. The highest BCUT2D eigenvalue weighted by Gasteiger charge is 2.09. The van der Waals surface area contributed by atoms with Gasteiger partial charge >= 0.3 is 0 Å². The van der Waals surface area contributed by atoms with E-state index in [4.69, 9.17) is 4.98 Å². The summed E-state index contributed by atoms with van der Waals surface area (Å²) in [5.41, 5.74) is 5.67. The van der Waals surface area contributed by atoms with Crippen LogP contribution in [-0.2, 0) is 0 Å². The van der Waals surface area contributed by atoms with E-state index in [1.165, 1.54) is 0 Å². The molecule has 0 aliphatic carbocycles. The molecular weight excluding hydrogens is 308 g/mol. The predicted molar refractivity (Wildman–Crippen MR) is 100 cm³/mol. The van der Waals surface area contributed by atoms with Crippen LogP contribution in [0.15, 0.2) is 91.1 Å². The highest BCUT2D eigenvalue weighted by atomic mass is 16.3. The van der Waals surface area contributed by atoms with Gasteiger partial charge < -0.3 is 5.11 Å². The van der Waals surface area contributed by atoms with Crippen LogP contribution in [0.25, 0.3) is 33.8 Å². The molecule has 2 aromatic carbocycles. The summed E-state index contributed by atoms with van der Waals surface area (Å²) in [5, 5.41) is 9.55. The van der Waals surface area contributed by atoms with Gasteiger partial charge in [0.1, 0.15) is 5.75 Å². The molecule has 0 bridgehead atoms. The standard InChI is InChI=1S/C22H16N2O/c25-19-11-9-16(10-12-19)18-14-21(17-6-2-1-3-7-17)24-22(15-18)20-8-4-5-13-23-20/h1-15,25H. The molecule has 120 valence electrons. The number of phenolic OH excluding ortho intramolecular Hbond substituents is 1. The molecule has 3 nitrogen and oxygen atoms in total. The highest BCUT2D eigenvalue weighted by Crippen LogP contribution is 2.30. The smallest absolute Gasteiger partial charge is 0.115 e. The molecule has 0 aliphatic rings. The van der Waals surface area contributed by atoms with Crippen molar-refractivity contribution in [2.45, 2.75) is 0 Å². The molecule has 0 amide bonds. The summed E-state index contributed by atoms with van der Waals surface area (Å²) >= 11 is 0. The Labute approximate surface area is 146 Å². The van der Waals surface area contributed by atoms with Gasteiger partial charge in [0.05, 0.1) is 17.1 Å². The lowest BCUT2D eigenvalue weighted by atomic mass is 10.0. The minimum absolute atomic E-state index is 0.256. The fourth-order valence-corrected chi connectivity index (χ4v) is 2.75. The number of pyridine rings is 2. The predicted octanol–water partition coefficient (Wildman–Crippen LogP) is 5.18. The Kier molecular flexibility index (Phi) is 3.97. The van der Waals surface area contributed by atoms with E-state index in [1.807, 2.05) is 66.7 Å². The van der Waals surface area contributed by atoms with E-state index in [-0.39, 0.29) is 5.75 Å². The van der Waals surface area contributed by atoms with Crippen molar-refractivity contribution in [1.82, 2.24) is 9.97 Å². The summed E-state index contributed by atoms with van der Waals surface area (Å²) < 4.78 is 0. The first kappa shape index (κ1) is 15.1. The lowest BCUT2D eigenvalue weighted by Gasteiger charge is -2.10. The van der Waals surface area contributed by atoms with Crippen LogP contribution in [0.5, 0.6) is 5.75 Å². The molecule has 2 heterocycles. The zero-order valence-electron chi connectivity index (χ0n) is 13.5. The molecule has 0 saturated carbocycles. The lowest BCUT2D eigenvalue weighted by molar-refractivity contribution is 0.475. The van der Waals surface area contributed by atoms with Crippen molar-refractivity contribution in [1.29, 1.82) is 0 Å². The summed E-state index contributed by atoms with van der Waals surface area (Å²) in [6, 6.07) is 27.2. The summed E-state index contributed by atoms with van der Waals surface area (Å²) in [5.74, 6) is 0.256. The molecule has 0 fully saturated rings. The van der Waals surface area contributed by atoms with Crippen molar-refractivity contribution < 1.29 is 5.11 Å². The second-order valence-corrected chi connectivity index (χ2v) is 5.75.